The summed E-state index contributed by atoms with van der Waals surface area (Å²) in [7, 11) is -3.61. The highest BCUT2D eigenvalue weighted by Crippen LogP contribution is 2.33. The van der Waals surface area contributed by atoms with Crippen molar-refractivity contribution in [2.75, 3.05) is 22.7 Å². The lowest BCUT2D eigenvalue weighted by Crippen LogP contribution is -2.39. The topological polar surface area (TPSA) is 105 Å². The lowest BCUT2D eigenvalue weighted by atomic mass is 10.0. The van der Waals surface area contributed by atoms with E-state index in [0.717, 1.165) is 23.4 Å². The molecule has 4 aromatic carbocycles. The second-order valence-corrected chi connectivity index (χ2v) is 10.9. The maximum absolute atomic E-state index is 15.1. The number of anilines is 3. The number of alkyl halides is 3. The predicted molar refractivity (Wildman–Crippen MR) is 145 cm³/mol. The van der Waals surface area contributed by atoms with E-state index >= 15 is 4.39 Å². The van der Waals surface area contributed by atoms with E-state index in [-0.39, 0.29) is 27.3 Å². The van der Waals surface area contributed by atoms with E-state index < -0.39 is 40.0 Å². The minimum absolute atomic E-state index is 0.00650. The van der Waals surface area contributed by atoms with Crippen molar-refractivity contribution in [2.24, 2.45) is 0 Å². The summed E-state index contributed by atoms with van der Waals surface area (Å²) in [5, 5.41) is 3.23. The van der Waals surface area contributed by atoms with Crippen molar-refractivity contribution in [1.82, 2.24) is 5.01 Å². The van der Waals surface area contributed by atoms with E-state index in [0.29, 0.717) is 11.4 Å². The van der Waals surface area contributed by atoms with Gasteiger partial charge in [-0.25, -0.2) is 22.6 Å². The maximum atomic E-state index is 15.1. The summed E-state index contributed by atoms with van der Waals surface area (Å²) in [6.07, 6.45) is -3.63. The Hall–Kier alpha value is -4.58. The van der Waals surface area contributed by atoms with Crippen molar-refractivity contribution in [3.8, 4) is 11.1 Å². The number of hydrogen-bond donors (Lipinski definition) is 3. The molecule has 0 aliphatic carbocycles. The number of carbonyl (C=O) groups excluding carboxylic acids is 1. The van der Waals surface area contributed by atoms with Gasteiger partial charge in [-0.2, -0.15) is 13.2 Å². The van der Waals surface area contributed by atoms with Crippen LogP contribution in [-0.4, -0.2) is 25.7 Å². The quantitative estimate of drug-likeness (QED) is 0.132. The fraction of sp³-hybridized carbons (Fsp3) is 0.107. The number of sulfone groups is 1. The standard InChI is InChI=1S/C28H24F4N4O3S/c1-40(38,39)26-12-5-3-10-22(26)18-13-14-25(24(29)15-18)34-27(37)36(35-21-9-6-8-20(33)16-21)17-19-7-2-4-11-23(19)28(30,31)32/h2-16,35H,17,33H2,1H3,(H,34,37). The summed E-state index contributed by atoms with van der Waals surface area (Å²) in [4.78, 5) is 13.3. The van der Waals surface area contributed by atoms with Crippen LogP contribution in [0.5, 0.6) is 0 Å². The summed E-state index contributed by atoms with van der Waals surface area (Å²) < 4.78 is 80.3. The Labute approximate surface area is 228 Å². The molecule has 0 heterocycles. The normalized spacial score (nSPS) is 11.6. The molecule has 2 amide bonds. The fourth-order valence-corrected chi connectivity index (χ4v) is 4.94. The van der Waals surface area contributed by atoms with Crippen molar-refractivity contribution in [1.29, 1.82) is 0 Å². The second-order valence-electron chi connectivity index (χ2n) is 8.87. The van der Waals surface area contributed by atoms with Gasteiger partial charge in [0.15, 0.2) is 9.84 Å². The Bertz CT molecular complexity index is 1660. The van der Waals surface area contributed by atoms with Crippen LogP contribution in [0, 0.1) is 5.82 Å². The van der Waals surface area contributed by atoms with Crippen LogP contribution in [0.25, 0.3) is 11.1 Å². The Morgan fingerprint density at radius 1 is 0.925 bits per heavy atom. The summed E-state index contributed by atoms with van der Waals surface area (Å²) in [6, 6.07) is 19.9. The number of nitrogens with one attached hydrogen (secondary N) is 2. The second kappa shape index (κ2) is 11.3. The first kappa shape index (κ1) is 28.4. The molecule has 0 unspecified atom stereocenters. The molecule has 4 aromatic rings. The van der Waals surface area contributed by atoms with Crippen LogP contribution in [-0.2, 0) is 22.6 Å². The smallest absolute Gasteiger partial charge is 0.399 e. The van der Waals surface area contributed by atoms with Gasteiger partial charge in [0.25, 0.3) is 0 Å². The molecule has 4 N–H and O–H groups in total. The molecule has 208 valence electrons. The van der Waals surface area contributed by atoms with Crippen molar-refractivity contribution < 1.29 is 30.8 Å². The molecule has 0 saturated carbocycles. The highest BCUT2D eigenvalue weighted by atomic mass is 32.2. The average molecular weight is 573 g/mol. The molecule has 0 spiro atoms. The molecule has 0 radical (unpaired) electrons. The highest BCUT2D eigenvalue weighted by molar-refractivity contribution is 7.90. The van der Waals surface area contributed by atoms with Gasteiger partial charge in [0.2, 0.25) is 0 Å². The number of rotatable bonds is 7. The molecule has 0 atom stereocenters. The van der Waals surface area contributed by atoms with Gasteiger partial charge in [-0.05, 0) is 53.6 Å². The van der Waals surface area contributed by atoms with Crippen LogP contribution in [0.1, 0.15) is 11.1 Å². The van der Waals surface area contributed by atoms with E-state index in [9.17, 15) is 26.4 Å². The third-order valence-electron chi connectivity index (χ3n) is 5.86. The number of nitrogen functional groups attached to an aromatic ring is 1. The van der Waals surface area contributed by atoms with Gasteiger partial charge in [0.1, 0.15) is 5.82 Å². The van der Waals surface area contributed by atoms with E-state index in [1.54, 1.807) is 30.3 Å². The van der Waals surface area contributed by atoms with Crippen LogP contribution < -0.4 is 16.5 Å². The molecule has 40 heavy (non-hydrogen) atoms. The van der Waals surface area contributed by atoms with Crippen LogP contribution >= 0.6 is 0 Å². The predicted octanol–water partition coefficient (Wildman–Crippen LogP) is 6.56. The van der Waals surface area contributed by atoms with Gasteiger partial charge in [-0.3, -0.25) is 5.43 Å². The van der Waals surface area contributed by atoms with Gasteiger partial charge < -0.3 is 11.1 Å². The number of nitrogens with zero attached hydrogens (tertiary/aromatic N) is 1. The van der Waals surface area contributed by atoms with E-state index in [1.165, 1.54) is 48.5 Å². The van der Waals surface area contributed by atoms with Crippen LogP contribution in [0.15, 0.2) is 95.9 Å². The lowest BCUT2D eigenvalue weighted by Gasteiger charge is -2.26. The van der Waals surface area contributed by atoms with E-state index in [2.05, 4.69) is 10.7 Å². The number of hydrogen-bond acceptors (Lipinski definition) is 5. The minimum atomic E-state index is -4.67. The molecule has 0 bridgehead atoms. The third-order valence-corrected chi connectivity index (χ3v) is 7.01. The number of nitrogens with two attached hydrogens (primary N) is 1. The Balaban J connectivity index is 1.65. The largest absolute Gasteiger partial charge is 0.416 e. The molecular formula is C28H24F4N4O3S. The maximum Gasteiger partial charge on any atom is 0.416 e. The van der Waals surface area contributed by atoms with E-state index in [4.69, 9.17) is 5.73 Å². The number of urea groups is 1. The summed E-state index contributed by atoms with van der Waals surface area (Å²) in [5.41, 5.74) is 8.31. The molecule has 0 aromatic heterocycles. The van der Waals surface area contributed by atoms with Crippen LogP contribution in [0.2, 0.25) is 0 Å². The van der Waals surface area contributed by atoms with Gasteiger partial charge in [0.05, 0.1) is 28.4 Å². The summed E-state index contributed by atoms with van der Waals surface area (Å²) in [6.45, 7) is -0.530. The lowest BCUT2D eigenvalue weighted by molar-refractivity contribution is -0.138. The zero-order valence-electron chi connectivity index (χ0n) is 21.0. The Morgan fingerprint density at radius 3 is 2.30 bits per heavy atom. The number of hydrazine groups is 1. The van der Waals surface area contributed by atoms with Crippen molar-refractivity contribution in [3.05, 3.63) is 108 Å². The van der Waals surface area contributed by atoms with Gasteiger partial charge in [-0.1, -0.05) is 48.5 Å². The highest BCUT2D eigenvalue weighted by Gasteiger charge is 2.34. The van der Waals surface area contributed by atoms with Crippen molar-refractivity contribution in [3.63, 3.8) is 0 Å². The average Bonchev–Trinajstić information content (AvgIpc) is 2.88. The van der Waals surface area contributed by atoms with Crippen molar-refractivity contribution in [2.45, 2.75) is 17.6 Å². The molecule has 0 saturated heterocycles. The number of amides is 2. The SMILES string of the molecule is CS(=O)(=O)c1ccccc1-c1ccc(NC(=O)N(Cc2ccccc2C(F)(F)F)Nc2cccc(N)c2)c(F)c1. The molecule has 12 heteroatoms. The molecule has 4 rings (SSSR count). The third kappa shape index (κ3) is 6.70. The monoisotopic (exact) mass is 572 g/mol. The molecule has 7 nitrogen and oxygen atoms in total. The summed E-state index contributed by atoms with van der Waals surface area (Å²) >= 11 is 0. The zero-order valence-corrected chi connectivity index (χ0v) is 21.9. The first-order valence-corrected chi connectivity index (χ1v) is 13.7. The molecular weight excluding hydrogens is 548 g/mol. The first-order chi connectivity index (χ1) is 18.8. The fourth-order valence-electron chi connectivity index (χ4n) is 4.03. The molecule has 0 aliphatic heterocycles. The van der Waals surface area contributed by atoms with E-state index in [1.807, 2.05) is 0 Å². The zero-order chi connectivity index (χ0) is 29.1. The first-order valence-electron chi connectivity index (χ1n) is 11.8. The molecule has 0 aliphatic rings. The van der Waals surface area contributed by atoms with Crippen LogP contribution in [0.3, 0.4) is 0 Å². The van der Waals surface area contributed by atoms with Gasteiger partial charge >= 0.3 is 12.2 Å². The van der Waals surface area contributed by atoms with Crippen LogP contribution in [0.4, 0.5) is 39.4 Å². The number of halogens is 4. The summed E-state index contributed by atoms with van der Waals surface area (Å²) in [5.74, 6) is -0.881. The molecule has 0 fully saturated rings. The number of benzene rings is 4. The van der Waals surface area contributed by atoms with Gasteiger partial charge in [-0.15, -0.1) is 0 Å². The Morgan fingerprint density at radius 2 is 1.62 bits per heavy atom. The minimum Gasteiger partial charge on any atom is -0.399 e. The van der Waals surface area contributed by atoms with Crippen molar-refractivity contribution >= 4 is 32.9 Å². The van der Waals surface area contributed by atoms with Gasteiger partial charge in [0, 0.05) is 17.5 Å². The number of carbonyl (C=O) groups is 1. The Kier molecular flexibility index (Phi) is 8.01.